The normalized spacial score (nSPS) is 19.5. The van der Waals surface area contributed by atoms with E-state index in [4.69, 9.17) is 4.52 Å². The van der Waals surface area contributed by atoms with E-state index in [0.717, 1.165) is 30.1 Å². The first kappa shape index (κ1) is 15.5. The Morgan fingerprint density at radius 1 is 1.32 bits per heavy atom. The van der Waals surface area contributed by atoms with Gasteiger partial charge in [0, 0.05) is 6.04 Å². The van der Waals surface area contributed by atoms with Gasteiger partial charge < -0.3 is 4.52 Å². The molecule has 22 heavy (non-hydrogen) atoms. The fourth-order valence-corrected chi connectivity index (χ4v) is 3.33. The summed E-state index contributed by atoms with van der Waals surface area (Å²) in [6.07, 6.45) is 5.46. The molecule has 1 atom stereocenters. The summed E-state index contributed by atoms with van der Waals surface area (Å²) >= 11 is 1.68. The molecular weight excluding hydrogens is 301 g/mol. The van der Waals surface area contributed by atoms with Gasteiger partial charge in [-0.3, -0.25) is 4.90 Å². The van der Waals surface area contributed by atoms with Gasteiger partial charge in [0.2, 0.25) is 5.89 Å². The number of nitrogens with zero attached hydrogens (tertiary/aromatic N) is 3. The number of halogens is 1. The lowest BCUT2D eigenvalue weighted by Gasteiger charge is -2.35. The Bertz CT molecular complexity index is 602. The third kappa shape index (κ3) is 3.67. The van der Waals surface area contributed by atoms with Crippen molar-refractivity contribution in [2.75, 3.05) is 12.8 Å². The van der Waals surface area contributed by atoms with E-state index in [9.17, 15) is 4.39 Å². The molecule has 2 aromatic rings. The first-order valence-corrected chi connectivity index (χ1v) is 8.95. The molecule has 6 heteroatoms. The molecule has 118 valence electrons. The predicted octanol–water partition coefficient (Wildman–Crippen LogP) is 3.80. The Kier molecular flexibility index (Phi) is 5.10. The van der Waals surface area contributed by atoms with Gasteiger partial charge in [-0.2, -0.15) is 16.7 Å². The molecule has 0 saturated carbocycles. The first-order chi connectivity index (χ1) is 10.8. The zero-order valence-corrected chi connectivity index (χ0v) is 13.5. The van der Waals surface area contributed by atoms with Crippen molar-refractivity contribution in [3.8, 4) is 0 Å². The van der Waals surface area contributed by atoms with Crippen LogP contribution < -0.4 is 0 Å². The quantitative estimate of drug-likeness (QED) is 0.838. The van der Waals surface area contributed by atoms with Gasteiger partial charge in [-0.05, 0) is 43.3 Å². The van der Waals surface area contributed by atoms with Gasteiger partial charge in [-0.1, -0.05) is 23.7 Å². The topological polar surface area (TPSA) is 42.2 Å². The molecule has 1 fully saturated rings. The second-order valence-corrected chi connectivity index (χ2v) is 6.44. The van der Waals surface area contributed by atoms with Crippen molar-refractivity contribution in [1.29, 1.82) is 0 Å². The highest BCUT2D eigenvalue weighted by Gasteiger charge is 2.25. The minimum absolute atomic E-state index is 0.190. The van der Waals surface area contributed by atoms with Crippen molar-refractivity contribution in [2.45, 2.75) is 37.6 Å². The Morgan fingerprint density at radius 2 is 2.14 bits per heavy atom. The molecule has 0 N–H and O–H groups in total. The van der Waals surface area contributed by atoms with Crippen LogP contribution in [0, 0.1) is 5.82 Å². The highest BCUT2D eigenvalue weighted by Crippen LogP contribution is 2.32. The third-order valence-electron chi connectivity index (χ3n) is 3.99. The van der Waals surface area contributed by atoms with E-state index in [-0.39, 0.29) is 5.82 Å². The molecule has 1 aliphatic heterocycles. The molecule has 1 aromatic heterocycles. The van der Waals surface area contributed by atoms with Crippen LogP contribution in [0.1, 0.15) is 42.6 Å². The average molecular weight is 321 g/mol. The van der Waals surface area contributed by atoms with Crippen LogP contribution in [0.2, 0.25) is 0 Å². The summed E-state index contributed by atoms with van der Waals surface area (Å²) < 4.78 is 18.5. The molecular formula is C16H20FN3OS. The van der Waals surface area contributed by atoms with Gasteiger partial charge in [0.25, 0.3) is 0 Å². The van der Waals surface area contributed by atoms with Gasteiger partial charge in [0.05, 0.1) is 12.3 Å². The summed E-state index contributed by atoms with van der Waals surface area (Å²) in [4.78, 5) is 6.79. The number of piperidine rings is 1. The third-order valence-corrected chi connectivity index (χ3v) is 4.54. The van der Waals surface area contributed by atoms with E-state index < -0.39 is 0 Å². The van der Waals surface area contributed by atoms with Crippen LogP contribution in [0.5, 0.6) is 0 Å². The van der Waals surface area contributed by atoms with E-state index in [0.29, 0.717) is 18.5 Å². The monoisotopic (exact) mass is 321 g/mol. The van der Waals surface area contributed by atoms with E-state index >= 15 is 0 Å². The van der Waals surface area contributed by atoms with E-state index in [2.05, 4.69) is 15.0 Å². The minimum Gasteiger partial charge on any atom is -0.338 e. The van der Waals surface area contributed by atoms with Crippen molar-refractivity contribution < 1.29 is 8.91 Å². The maximum absolute atomic E-state index is 13.1. The molecule has 1 aliphatic rings. The Balaban J connectivity index is 1.72. The molecule has 0 radical (unpaired) electrons. The lowest BCUT2D eigenvalue weighted by molar-refractivity contribution is 0.124. The number of thioether (sulfide) groups is 1. The van der Waals surface area contributed by atoms with Gasteiger partial charge in [-0.15, -0.1) is 0 Å². The molecule has 2 heterocycles. The molecule has 0 amide bonds. The van der Waals surface area contributed by atoms with Crippen LogP contribution in [0.15, 0.2) is 28.8 Å². The van der Waals surface area contributed by atoms with Crippen LogP contribution in [0.25, 0.3) is 0 Å². The Hall–Kier alpha value is -1.40. The predicted molar refractivity (Wildman–Crippen MR) is 84.9 cm³/mol. The number of benzene rings is 1. The van der Waals surface area contributed by atoms with E-state index in [1.54, 1.807) is 11.8 Å². The highest BCUT2D eigenvalue weighted by molar-refractivity contribution is 7.97. The summed E-state index contributed by atoms with van der Waals surface area (Å²) in [5.41, 5.74) is 1.16. The lowest BCUT2D eigenvalue weighted by atomic mass is 9.95. The molecule has 4 nitrogen and oxygen atoms in total. The SMILES string of the molecule is CSCc1noc(CN2CCCCC2c2ccc(F)cc2)n1. The molecule has 0 spiro atoms. The van der Waals surface area contributed by atoms with Gasteiger partial charge >= 0.3 is 0 Å². The van der Waals surface area contributed by atoms with E-state index in [1.165, 1.54) is 25.0 Å². The fraction of sp³-hybridized carbons (Fsp3) is 0.500. The molecule has 1 saturated heterocycles. The lowest BCUT2D eigenvalue weighted by Crippen LogP contribution is -2.33. The largest absolute Gasteiger partial charge is 0.338 e. The standard InChI is InChI=1S/C16H20FN3OS/c1-22-11-15-18-16(21-19-15)10-20-9-3-2-4-14(20)12-5-7-13(17)8-6-12/h5-8,14H,2-4,9-11H2,1H3. The van der Waals surface area contributed by atoms with Crippen LogP contribution >= 0.6 is 11.8 Å². The molecule has 0 aliphatic carbocycles. The molecule has 1 aromatic carbocycles. The van der Waals surface area contributed by atoms with Crippen molar-refractivity contribution >= 4 is 11.8 Å². The average Bonchev–Trinajstić information content (AvgIpc) is 2.96. The zero-order valence-electron chi connectivity index (χ0n) is 12.7. The van der Waals surface area contributed by atoms with Crippen LogP contribution in [-0.2, 0) is 12.3 Å². The number of hydrogen-bond acceptors (Lipinski definition) is 5. The van der Waals surface area contributed by atoms with Crippen LogP contribution in [0.3, 0.4) is 0 Å². The van der Waals surface area contributed by atoms with Crippen molar-refractivity contribution in [2.24, 2.45) is 0 Å². The zero-order chi connectivity index (χ0) is 15.4. The van der Waals surface area contributed by atoms with Gasteiger partial charge in [-0.25, -0.2) is 4.39 Å². The summed E-state index contributed by atoms with van der Waals surface area (Å²) in [7, 11) is 0. The smallest absolute Gasteiger partial charge is 0.240 e. The number of likely N-dealkylation sites (tertiary alicyclic amines) is 1. The summed E-state index contributed by atoms with van der Waals surface area (Å²) in [6.45, 7) is 1.66. The Morgan fingerprint density at radius 3 is 2.91 bits per heavy atom. The van der Waals surface area contributed by atoms with Crippen molar-refractivity contribution in [3.05, 3.63) is 47.4 Å². The molecule has 3 rings (SSSR count). The molecule has 0 bridgehead atoms. The van der Waals surface area contributed by atoms with Gasteiger partial charge in [0.15, 0.2) is 5.82 Å². The molecule has 1 unspecified atom stereocenters. The highest BCUT2D eigenvalue weighted by atomic mass is 32.2. The van der Waals surface area contributed by atoms with Crippen LogP contribution in [-0.4, -0.2) is 27.8 Å². The van der Waals surface area contributed by atoms with Gasteiger partial charge in [0.1, 0.15) is 5.82 Å². The number of hydrogen-bond donors (Lipinski definition) is 0. The summed E-state index contributed by atoms with van der Waals surface area (Å²) in [5, 5.41) is 4.00. The Labute approximate surface area is 134 Å². The summed E-state index contributed by atoms with van der Waals surface area (Å²) in [6, 6.07) is 7.12. The second kappa shape index (κ2) is 7.24. The maximum Gasteiger partial charge on any atom is 0.240 e. The first-order valence-electron chi connectivity index (χ1n) is 7.56. The maximum atomic E-state index is 13.1. The summed E-state index contributed by atoms with van der Waals surface area (Å²) in [5.74, 6) is 1.99. The van der Waals surface area contributed by atoms with Crippen molar-refractivity contribution in [3.63, 3.8) is 0 Å². The fourth-order valence-electron chi connectivity index (χ4n) is 2.96. The number of rotatable bonds is 5. The number of aromatic nitrogens is 2. The minimum atomic E-state index is -0.190. The van der Waals surface area contributed by atoms with E-state index in [1.807, 2.05) is 18.4 Å². The van der Waals surface area contributed by atoms with Crippen LogP contribution in [0.4, 0.5) is 4.39 Å². The van der Waals surface area contributed by atoms with Crippen molar-refractivity contribution in [1.82, 2.24) is 15.0 Å². The second-order valence-electron chi connectivity index (χ2n) is 5.57.